The molecule has 2 heterocycles. The molecule has 0 spiro atoms. The van der Waals surface area contributed by atoms with E-state index in [1.54, 1.807) is 37.3 Å². The summed E-state index contributed by atoms with van der Waals surface area (Å²) in [5.41, 5.74) is 2.09. The Kier molecular flexibility index (Phi) is 6.58. The first-order valence-electron chi connectivity index (χ1n) is 10.9. The van der Waals surface area contributed by atoms with Gasteiger partial charge in [0.05, 0.1) is 16.5 Å². The molecule has 0 radical (unpaired) electrons. The minimum absolute atomic E-state index is 0.0618. The van der Waals surface area contributed by atoms with Crippen LogP contribution in [0.4, 0.5) is 17.1 Å². The lowest BCUT2D eigenvalue weighted by Gasteiger charge is -2.32. The summed E-state index contributed by atoms with van der Waals surface area (Å²) in [6.07, 6.45) is 1.12. The third-order valence-corrected chi connectivity index (χ3v) is 7.76. The van der Waals surface area contributed by atoms with E-state index in [0.717, 1.165) is 0 Å². The normalized spacial score (nSPS) is 18.3. The van der Waals surface area contributed by atoms with Gasteiger partial charge in [0, 0.05) is 37.5 Å². The van der Waals surface area contributed by atoms with Gasteiger partial charge in [-0.2, -0.15) is 4.31 Å². The quantitative estimate of drug-likeness (QED) is 0.594. The van der Waals surface area contributed by atoms with E-state index in [1.807, 2.05) is 0 Å². The van der Waals surface area contributed by atoms with Crippen molar-refractivity contribution in [3.05, 3.63) is 42.0 Å². The summed E-state index contributed by atoms with van der Waals surface area (Å²) in [6, 6.07) is 9.72. The zero-order chi connectivity index (χ0) is 24.5. The second-order valence-corrected chi connectivity index (χ2v) is 10.3. The van der Waals surface area contributed by atoms with Crippen LogP contribution in [0.15, 0.2) is 41.3 Å². The van der Waals surface area contributed by atoms with Gasteiger partial charge < -0.3 is 20.7 Å². The smallest absolute Gasteiger partial charge is 0.262 e. The average molecular weight is 487 g/mol. The maximum Gasteiger partial charge on any atom is 0.262 e. The SMILES string of the molecule is CC(=O)Nc1ccc(NC(=O)[C@@H]2CCCN(S(=O)(=O)c3cc4c(cc3C)NC(=O)CO4)C2)cc1. The Bertz CT molecular complexity index is 1240. The van der Waals surface area contributed by atoms with Crippen molar-refractivity contribution in [1.82, 2.24) is 4.31 Å². The van der Waals surface area contributed by atoms with Crippen LogP contribution in [0.2, 0.25) is 0 Å². The predicted octanol–water partition coefficient (Wildman–Crippen LogP) is 2.32. The van der Waals surface area contributed by atoms with E-state index in [2.05, 4.69) is 16.0 Å². The van der Waals surface area contributed by atoms with E-state index in [1.165, 1.54) is 17.3 Å². The number of hydrogen-bond donors (Lipinski definition) is 3. The molecule has 2 aromatic carbocycles. The molecule has 0 aliphatic carbocycles. The van der Waals surface area contributed by atoms with Crippen molar-refractivity contribution in [2.45, 2.75) is 31.6 Å². The Morgan fingerprint density at radius 2 is 1.79 bits per heavy atom. The number of fused-ring (bicyclic) bond motifs is 1. The third kappa shape index (κ3) is 5.05. The molecule has 2 aliphatic rings. The Balaban J connectivity index is 1.47. The van der Waals surface area contributed by atoms with E-state index in [-0.39, 0.29) is 35.8 Å². The predicted molar refractivity (Wildman–Crippen MR) is 126 cm³/mol. The van der Waals surface area contributed by atoms with Crippen molar-refractivity contribution in [1.29, 1.82) is 0 Å². The highest BCUT2D eigenvalue weighted by Gasteiger charge is 2.35. The Labute approximate surface area is 197 Å². The van der Waals surface area contributed by atoms with Crippen LogP contribution in [0.5, 0.6) is 5.75 Å². The Morgan fingerprint density at radius 1 is 1.12 bits per heavy atom. The van der Waals surface area contributed by atoms with E-state index in [4.69, 9.17) is 4.74 Å². The number of nitrogens with one attached hydrogen (secondary N) is 3. The summed E-state index contributed by atoms with van der Waals surface area (Å²) in [6.45, 7) is 3.27. The number of ether oxygens (including phenoxy) is 1. The standard InChI is InChI=1S/C23H26N4O6S/c1-14-10-19-20(33-13-22(29)26-19)11-21(14)34(31,32)27-9-3-4-16(12-27)23(30)25-18-7-5-17(6-8-18)24-15(2)28/h5-8,10-11,16H,3-4,9,12-13H2,1-2H3,(H,24,28)(H,25,30)(H,26,29)/t16-/m1/s1. The zero-order valence-electron chi connectivity index (χ0n) is 18.9. The largest absolute Gasteiger partial charge is 0.482 e. The van der Waals surface area contributed by atoms with Crippen LogP contribution in [0, 0.1) is 12.8 Å². The first-order chi connectivity index (χ1) is 16.1. The van der Waals surface area contributed by atoms with Gasteiger partial charge in [-0.1, -0.05) is 0 Å². The van der Waals surface area contributed by atoms with Gasteiger partial charge in [-0.25, -0.2) is 8.42 Å². The average Bonchev–Trinajstić information content (AvgIpc) is 2.79. The second kappa shape index (κ2) is 9.43. The molecule has 0 unspecified atom stereocenters. The minimum atomic E-state index is -3.88. The van der Waals surface area contributed by atoms with Crippen molar-refractivity contribution in [3.63, 3.8) is 0 Å². The number of carbonyl (C=O) groups excluding carboxylic acids is 3. The molecule has 0 bridgehead atoms. The summed E-state index contributed by atoms with van der Waals surface area (Å²) in [7, 11) is -3.88. The molecule has 1 fully saturated rings. The Morgan fingerprint density at radius 3 is 2.47 bits per heavy atom. The monoisotopic (exact) mass is 486 g/mol. The fraction of sp³-hybridized carbons (Fsp3) is 0.348. The van der Waals surface area contributed by atoms with Crippen molar-refractivity contribution in [2.24, 2.45) is 5.92 Å². The number of carbonyl (C=O) groups is 3. The van der Waals surface area contributed by atoms with Crippen molar-refractivity contribution in [2.75, 3.05) is 35.6 Å². The highest BCUT2D eigenvalue weighted by molar-refractivity contribution is 7.89. The van der Waals surface area contributed by atoms with Gasteiger partial charge in [0.15, 0.2) is 6.61 Å². The highest BCUT2D eigenvalue weighted by Crippen LogP contribution is 2.35. The number of piperidine rings is 1. The molecule has 3 amide bonds. The number of amides is 3. The minimum Gasteiger partial charge on any atom is -0.482 e. The molecular weight excluding hydrogens is 460 g/mol. The fourth-order valence-electron chi connectivity index (χ4n) is 4.09. The number of anilines is 3. The maximum atomic E-state index is 13.4. The molecule has 1 saturated heterocycles. The first-order valence-corrected chi connectivity index (χ1v) is 12.3. The van der Waals surface area contributed by atoms with Gasteiger partial charge in [0.1, 0.15) is 5.75 Å². The van der Waals surface area contributed by atoms with Crippen LogP contribution >= 0.6 is 0 Å². The lowest BCUT2D eigenvalue weighted by Crippen LogP contribution is -2.43. The molecule has 0 saturated carbocycles. The molecule has 2 aliphatic heterocycles. The summed E-state index contributed by atoms with van der Waals surface area (Å²) >= 11 is 0. The lowest BCUT2D eigenvalue weighted by molar-refractivity contribution is -0.121. The van der Waals surface area contributed by atoms with Crippen LogP contribution in [0.25, 0.3) is 0 Å². The number of nitrogens with zero attached hydrogens (tertiary/aromatic N) is 1. The molecule has 10 nitrogen and oxygen atoms in total. The second-order valence-electron chi connectivity index (χ2n) is 8.40. The molecule has 34 heavy (non-hydrogen) atoms. The molecule has 4 rings (SSSR count). The number of benzene rings is 2. The van der Waals surface area contributed by atoms with Crippen LogP contribution in [-0.2, 0) is 24.4 Å². The van der Waals surface area contributed by atoms with Gasteiger partial charge in [-0.05, 0) is 55.7 Å². The Hall–Kier alpha value is -3.44. The zero-order valence-corrected chi connectivity index (χ0v) is 19.7. The van der Waals surface area contributed by atoms with Crippen LogP contribution in [0.3, 0.4) is 0 Å². The third-order valence-electron chi connectivity index (χ3n) is 5.76. The fourth-order valence-corrected chi connectivity index (χ4v) is 5.84. The van der Waals surface area contributed by atoms with Gasteiger partial charge in [-0.3, -0.25) is 14.4 Å². The van der Waals surface area contributed by atoms with Gasteiger partial charge in [0.2, 0.25) is 21.8 Å². The number of aryl methyl sites for hydroxylation is 1. The summed E-state index contributed by atoms with van der Waals surface area (Å²) in [4.78, 5) is 35.6. The molecule has 180 valence electrons. The molecule has 0 aromatic heterocycles. The lowest BCUT2D eigenvalue weighted by atomic mass is 9.98. The topological polar surface area (TPSA) is 134 Å². The van der Waals surface area contributed by atoms with Crippen LogP contribution in [0.1, 0.15) is 25.3 Å². The number of rotatable bonds is 5. The highest BCUT2D eigenvalue weighted by atomic mass is 32.2. The van der Waals surface area contributed by atoms with Crippen LogP contribution in [-0.4, -0.2) is 50.1 Å². The summed E-state index contributed by atoms with van der Waals surface area (Å²) in [5.74, 6) is -0.951. The maximum absolute atomic E-state index is 13.4. The van der Waals surface area contributed by atoms with E-state index < -0.39 is 15.9 Å². The number of hydrogen-bond acceptors (Lipinski definition) is 6. The molecule has 11 heteroatoms. The van der Waals surface area contributed by atoms with Crippen molar-refractivity contribution in [3.8, 4) is 5.75 Å². The number of sulfonamides is 1. The van der Waals surface area contributed by atoms with E-state index in [9.17, 15) is 22.8 Å². The van der Waals surface area contributed by atoms with Gasteiger partial charge in [0.25, 0.3) is 5.91 Å². The molecule has 3 N–H and O–H groups in total. The first kappa shape index (κ1) is 23.7. The summed E-state index contributed by atoms with van der Waals surface area (Å²) < 4.78 is 33.6. The van der Waals surface area contributed by atoms with E-state index in [0.29, 0.717) is 47.8 Å². The molecule has 2 aromatic rings. The van der Waals surface area contributed by atoms with Gasteiger partial charge >= 0.3 is 0 Å². The van der Waals surface area contributed by atoms with Gasteiger partial charge in [-0.15, -0.1) is 0 Å². The van der Waals surface area contributed by atoms with Crippen molar-refractivity contribution >= 4 is 44.8 Å². The van der Waals surface area contributed by atoms with Crippen molar-refractivity contribution < 1.29 is 27.5 Å². The van der Waals surface area contributed by atoms with E-state index >= 15 is 0 Å². The van der Waals surface area contributed by atoms with Crippen LogP contribution < -0.4 is 20.7 Å². The molecule has 1 atom stereocenters. The molecular formula is C23H26N4O6S. The summed E-state index contributed by atoms with van der Waals surface area (Å²) in [5, 5.41) is 8.16.